The van der Waals surface area contributed by atoms with E-state index in [-0.39, 0.29) is 30.0 Å². The van der Waals surface area contributed by atoms with Crippen molar-refractivity contribution in [2.24, 2.45) is 0 Å². The van der Waals surface area contributed by atoms with E-state index in [1.54, 1.807) is 4.90 Å². The summed E-state index contributed by atoms with van der Waals surface area (Å²) in [6.45, 7) is 0.661. The van der Waals surface area contributed by atoms with Crippen molar-refractivity contribution in [3.05, 3.63) is 54.1 Å². The van der Waals surface area contributed by atoms with Gasteiger partial charge in [0.25, 0.3) is 5.91 Å². The van der Waals surface area contributed by atoms with Crippen LogP contribution < -0.4 is 5.32 Å². The van der Waals surface area contributed by atoms with Gasteiger partial charge in [-0.3, -0.25) is 9.59 Å². The Labute approximate surface area is 186 Å². The Hall–Kier alpha value is -3.19. The van der Waals surface area contributed by atoms with Gasteiger partial charge < -0.3 is 19.4 Å². The fourth-order valence-corrected chi connectivity index (χ4v) is 4.64. The fourth-order valence-electron chi connectivity index (χ4n) is 4.64. The van der Waals surface area contributed by atoms with Crippen molar-refractivity contribution in [3.8, 4) is 11.5 Å². The zero-order valence-corrected chi connectivity index (χ0v) is 18.1. The summed E-state index contributed by atoms with van der Waals surface area (Å²) in [5, 5.41) is 3.10. The highest BCUT2D eigenvalue weighted by atomic mass is 16.5. The molecule has 0 bridgehead atoms. The van der Waals surface area contributed by atoms with E-state index in [4.69, 9.17) is 9.15 Å². The van der Waals surface area contributed by atoms with E-state index in [0.717, 1.165) is 48.8 Å². The molecule has 7 heteroatoms. The van der Waals surface area contributed by atoms with Gasteiger partial charge in [-0.25, -0.2) is 4.98 Å². The van der Waals surface area contributed by atoms with Crippen LogP contribution in [0.15, 0.2) is 52.9 Å². The molecule has 5 rings (SSSR count). The van der Waals surface area contributed by atoms with Crippen LogP contribution in [-0.2, 0) is 9.53 Å². The molecule has 2 fully saturated rings. The second-order valence-electron chi connectivity index (χ2n) is 8.65. The van der Waals surface area contributed by atoms with Crippen LogP contribution in [0.4, 0.5) is 0 Å². The number of rotatable bonds is 5. The molecular weight excluding hydrogens is 406 g/mol. The quantitative estimate of drug-likeness (QED) is 0.662. The van der Waals surface area contributed by atoms with Gasteiger partial charge in [0.05, 0.1) is 0 Å². The first kappa shape index (κ1) is 20.7. The van der Waals surface area contributed by atoms with Crippen LogP contribution in [0.25, 0.3) is 22.6 Å². The second kappa shape index (κ2) is 8.74. The third-order valence-electron chi connectivity index (χ3n) is 6.51. The van der Waals surface area contributed by atoms with Gasteiger partial charge >= 0.3 is 0 Å². The van der Waals surface area contributed by atoms with Gasteiger partial charge in [-0.2, -0.15) is 0 Å². The number of nitrogens with zero attached hydrogens (tertiary/aromatic N) is 2. The van der Waals surface area contributed by atoms with E-state index in [0.29, 0.717) is 18.1 Å². The Morgan fingerprint density at radius 1 is 1.06 bits per heavy atom. The lowest BCUT2D eigenvalue weighted by Gasteiger charge is -2.25. The molecule has 3 aromatic rings. The highest BCUT2D eigenvalue weighted by Gasteiger charge is 2.33. The molecule has 2 amide bonds. The maximum Gasteiger partial charge on any atom is 0.253 e. The molecule has 1 unspecified atom stereocenters. The Bertz CT molecular complexity index is 1080. The van der Waals surface area contributed by atoms with Crippen molar-refractivity contribution < 1.29 is 18.7 Å². The van der Waals surface area contributed by atoms with E-state index in [2.05, 4.69) is 10.3 Å². The number of benzene rings is 2. The molecule has 1 aromatic heterocycles. The molecule has 1 saturated carbocycles. The number of carbonyl (C=O) groups excluding carboxylic acids is 2. The molecule has 32 heavy (non-hydrogen) atoms. The maximum absolute atomic E-state index is 13.0. The number of amides is 2. The number of hydrogen-bond acceptors (Lipinski definition) is 5. The van der Waals surface area contributed by atoms with Gasteiger partial charge in [0, 0.05) is 36.9 Å². The summed E-state index contributed by atoms with van der Waals surface area (Å²) < 4.78 is 11.3. The van der Waals surface area contributed by atoms with Crippen molar-refractivity contribution >= 4 is 22.9 Å². The van der Waals surface area contributed by atoms with Crippen LogP contribution in [0, 0.1) is 0 Å². The first-order valence-corrected chi connectivity index (χ1v) is 11.2. The van der Waals surface area contributed by atoms with E-state index in [1.807, 2.05) is 55.6 Å². The minimum atomic E-state index is -0.312. The smallest absolute Gasteiger partial charge is 0.253 e. The highest BCUT2D eigenvalue weighted by Crippen LogP contribution is 2.27. The Balaban J connectivity index is 1.20. The van der Waals surface area contributed by atoms with Crippen molar-refractivity contribution in [2.75, 3.05) is 13.7 Å². The minimum Gasteiger partial charge on any atom is -0.436 e. The van der Waals surface area contributed by atoms with E-state index >= 15 is 0 Å². The molecule has 2 aliphatic rings. The molecule has 7 nitrogen and oxygen atoms in total. The Kier molecular flexibility index (Phi) is 5.66. The molecule has 2 heterocycles. The number of carbonyl (C=O) groups is 2. The number of hydrogen-bond donors (Lipinski definition) is 1. The molecule has 1 saturated heterocycles. The Morgan fingerprint density at radius 3 is 2.62 bits per heavy atom. The summed E-state index contributed by atoms with van der Waals surface area (Å²) in [5.74, 6) is 0.501. The van der Waals surface area contributed by atoms with Crippen molar-refractivity contribution in [1.29, 1.82) is 0 Å². The van der Waals surface area contributed by atoms with Crippen molar-refractivity contribution in [3.63, 3.8) is 0 Å². The normalized spacial score (nSPS) is 22.8. The number of ether oxygens (including phenoxy) is 1. The average molecular weight is 434 g/mol. The van der Waals surface area contributed by atoms with E-state index < -0.39 is 0 Å². The van der Waals surface area contributed by atoms with Gasteiger partial charge in [-0.15, -0.1) is 0 Å². The molecule has 0 radical (unpaired) electrons. The molecule has 1 aliphatic carbocycles. The first-order chi connectivity index (χ1) is 15.6. The maximum atomic E-state index is 13.0. The Morgan fingerprint density at radius 2 is 1.88 bits per heavy atom. The van der Waals surface area contributed by atoms with Gasteiger partial charge in [-0.05, 0) is 68.5 Å². The summed E-state index contributed by atoms with van der Waals surface area (Å²) in [7, 11) is 1.84. The predicted octanol–water partition coefficient (Wildman–Crippen LogP) is 3.78. The van der Waals surface area contributed by atoms with E-state index in [1.165, 1.54) is 0 Å². The molecule has 0 spiro atoms. The predicted molar refractivity (Wildman–Crippen MR) is 120 cm³/mol. The van der Waals surface area contributed by atoms with Gasteiger partial charge in [0.1, 0.15) is 11.6 Å². The molecule has 2 aromatic carbocycles. The van der Waals surface area contributed by atoms with Crippen LogP contribution in [-0.4, -0.2) is 53.5 Å². The largest absolute Gasteiger partial charge is 0.436 e. The number of oxazole rings is 1. The lowest BCUT2D eigenvalue weighted by atomic mass is 10.1. The molecule has 3 atom stereocenters. The van der Waals surface area contributed by atoms with Gasteiger partial charge in [-0.1, -0.05) is 12.1 Å². The molecule has 1 N–H and O–H groups in total. The zero-order valence-electron chi connectivity index (χ0n) is 18.1. The standard InChI is InChI=1S/C25H27N3O4/c1-28(19-13-12-18(15-19)26-23(29)22-7-4-14-31-22)25(30)17-10-8-16(9-11-17)24-27-20-5-2-3-6-21(20)32-24/h2-3,5-6,8-11,18-19,22H,4,7,12-15H2,1H3,(H,26,29)/t18-,19+,22?/m0/s1. The topological polar surface area (TPSA) is 84.7 Å². The van der Waals surface area contributed by atoms with E-state index in [9.17, 15) is 9.59 Å². The summed E-state index contributed by atoms with van der Waals surface area (Å²) in [4.78, 5) is 31.7. The van der Waals surface area contributed by atoms with Crippen molar-refractivity contribution in [2.45, 2.75) is 50.3 Å². The lowest BCUT2D eigenvalue weighted by molar-refractivity contribution is -0.130. The zero-order chi connectivity index (χ0) is 22.1. The number of para-hydroxylation sites is 2. The highest BCUT2D eigenvalue weighted by molar-refractivity contribution is 5.94. The monoisotopic (exact) mass is 433 g/mol. The third kappa shape index (κ3) is 4.12. The van der Waals surface area contributed by atoms with Crippen LogP contribution in [0.2, 0.25) is 0 Å². The average Bonchev–Trinajstić information content (AvgIpc) is 3.58. The fraction of sp³-hybridized carbons (Fsp3) is 0.400. The molecular formula is C25H27N3O4. The summed E-state index contributed by atoms with van der Waals surface area (Å²) >= 11 is 0. The van der Waals surface area contributed by atoms with Crippen LogP contribution in [0.3, 0.4) is 0 Å². The van der Waals surface area contributed by atoms with Crippen LogP contribution in [0.1, 0.15) is 42.5 Å². The lowest BCUT2D eigenvalue weighted by Crippen LogP contribution is -2.41. The second-order valence-corrected chi connectivity index (χ2v) is 8.65. The minimum absolute atomic E-state index is 0.0167. The van der Waals surface area contributed by atoms with Gasteiger partial charge in [0.15, 0.2) is 5.58 Å². The van der Waals surface area contributed by atoms with Crippen molar-refractivity contribution in [1.82, 2.24) is 15.2 Å². The molecule has 166 valence electrons. The SMILES string of the molecule is CN(C(=O)c1ccc(-c2nc3ccccc3o2)cc1)[C@@H]1CC[C@H](NC(=O)C2CCCO2)C1. The molecule has 1 aliphatic heterocycles. The third-order valence-corrected chi connectivity index (χ3v) is 6.51. The summed E-state index contributed by atoms with van der Waals surface area (Å²) in [6, 6.07) is 15.2. The first-order valence-electron chi connectivity index (χ1n) is 11.2. The summed E-state index contributed by atoms with van der Waals surface area (Å²) in [6.07, 6.45) is 3.93. The van der Waals surface area contributed by atoms with Crippen LogP contribution in [0.5, 0.6) is 0 Å². The number of fused-ring (bicyclic) bond motifs is 1. The summed E-state index contributed by atoms with van der Waals surface area (Å²) in [5.41, 5.74) is 3.01. The number of nitrogens with one attached hydrogen (secondary N) is 1. The van der Waals surface area contributed by atoms with Crippen LogP contribution >= 0.6 is 0 Å². The number of aromatic nitrogens is 1. The van der Waals surface area contributed by atoms with Gasteiger partial charge in [0.2, 0.25) is 11.8 Å².